The number of para-hydroxylation sites is 2. The standard InChI is InChI=1S/C22H26N2O4/c1-15(2)20(23-21(25)16-9-5-4-6-10-16)22(26)24(3)13-17-14-27-18-11-7-8-12-19(18)28-17/h4-12,15,17,20H,13-14H2,1-3H3,(H,23,25)/t17-,20+/m0/s1. The molecule has 0 aliphatic carbocycles. The number of nitrogens with one attached hydrogen (secondary N) is 1. The minimum atomic E-state index is -0.616. The van der Waals surface area contributed by atoms with Crippen molar-refractivity contribution in [1.82, 2.24) is 10.2 Å². The number of nitrogens with zero attached hydrogens (tertiary/aromatic N) is 1. The van der Waals surface area contributed by atoms with E-state index in [4.69, 9.17) is 9.47 Å². The highest BCUT2D eigenvalue weighted by molar-refractivity contribution is 5.97. The van der Waals surface area contributed by atoms with Crippen LogP contribution in [0.2, 0.25) is 0 Å². The molecule has 28 heavy (non-hydrogen) atoms. The van der Waals surface area contributed by atoms with Gasteiger partial charge in [-0.1, -0.05) is 44.2 Å². The molecule has 1 aliphatic rings. The molecule has 1 N–H and O–H groups in total. The first-order chi connectivity index (χ1) is 13.5. The first kappa shape index (κ1) is 19.7. The fourth-order valence-corrected chi connectivity index (χ4v) is 3.11. The van der Waals surface area contributed by atoms with Gasteiger partial charge in [-0.3, -0.25) is 9.59 Å². The summed E-state index contributed by atoms with van der Waals surface area (Å²) < 4.78 is 11.7. The number of amides is 2. The van der Waals surface area contributed by atoms with E-state index in [2.05, 4.69) is 5.32 Å². The van der Waals surface area contributed by atoms with Crippen LogP contribution in [0.5, 0.6) is 11.5 Å². The van der Waals surface area contributed by atoms with Crippen molar-refractivity contribution < 1.29 is 19.1 Å². The molecule has 2 atom stereocenters. The highest BCUT2D eigenvalue weighted by Gasteiger charge is 2.30. The maximum atomic E-state index is 13.0. The molecule has 0 fully saturated rings. The number of likely N-dealkylation sites (N-methyl/N-ethyl adjacent to an activating group) is 1. The monoisotopic (exact) mass is 382 g/mol. The van der Waals surface area contributed by atoms with E-state index in [1.165, 1.54) is 0 Å². The second-order valence-corrected chi connectivity index (χ2v) is 7.28. The number of hydrogen-bond donors (Lipinski definition) is 1. The maximum Gasteiger partial charge on any atom is 0.251 e. The topological polar surface area (TPSA) is 67.9 Å². The van der Waals surface area contributed by atoms with Crippen molar-refractivity contribution in [3.63, 3.8) is 0 Å². The van der Waals surface area contributed by atoms with Crippen molar-refractivity contribution in [1.29, 1.82) is 0 Å². The van der Waals surface area contributed by atoms with E-state index in [0.29, 0.717) is 30.2 Å². The smallest absolute Gasteiger partial charge is 0.251 e. The van der Waals surface area contributed by atoms with Gasteiger partial charge in [-0.25, -0.2) is 0 Å². The first-order valence-corrected chi connectivity index (χ1v) is 9.45. The lowest BCUT2D eigenvalue weighted by molar-refractivity contribution is -0.134. The van der Waals surface area contributed by atoms with Crippen LogP contribution in [0.1, 0.15) is 24.2 Å². The van der Waals surface area contributed by atoms with E-state index in [9.17, 15) is 9.59 Å². The molecular formula is C22H26N2O4. The molecule has 2 aromatic carbocycles. The summed E-state index contributed by atoms with van der Waals surface area (Å²) in [7, 11) is 1.72. The Morgan fingerprint density at radius 2 is 1.71 bits per heavy atom. The SMILES string of the molecule is CC(C)[C@@H](NC(=O)c1ccccc1)C(=O)N(C)C[C@H]1COc2ccccc2O1. The van der Waals surface area contributed by atoms with Crippen molar-refractivity contribution in [3.8, 4) is 11.5 Å². The number of rotatable bonds is 6. The molecule has 0 spiro atoms. The van der Waals surface area contributed by atoms with Crippen molar-refractivity contribution in [2.75, 3.05) is 20.2 Å². The summed E-state index contributed by atoms with van der Waals surface area (Å²) in [5, 5.41) is 2.86. The molecule has 148 valence electrons. The molecule has 2 aromatic rings. The number of fused-ring (bicyclic) bond motifs is 1. The molecule has 0 aromatic heterocycles. The lowest BCUT2D eigenvalue weighted by atomic mass is 10.0. The van der Waals surface area contributed by atoms with Gasteiger partial charge in [0.05, 0.1) is 6.54 Å². The van der Waals surface area contributed by atoms with E-state index >= 15 is 0 Å². The minimum Gasteiger partial charge on any atom is -0.486 e. The third-order valence-electron chi connectivity index (χ3n) is 4.68. The quantitative estimate of drug-likeness (QED) is 0.834. The Kier molecular flexibility index (Phi) is 6.19. The van der Waals surface area contributed by atoms with Crippen molar-refractivity contribution in [2.24, 2.45) is 5.92 Å². The molecule has 0 radical (unpaired) electrons. The third-order valence-corrected chi connectivity index (χ3v) is 4.68. The summed E-state index contributed by atoms with van der Waals surface area (Å²) >= 11 is 0. The van der Waals surface area contributed by atoms with Gasteiger partial charge in [0.15, 0.2) is 17.6 Å². The predicted molar refractivity (Wildman–Crippen MR) is 107 cm³/mol. The molecule has 0 saturated carbocycles. The summed E-state index contributed by atoms with van der Waals surface area (Å²) in [6.45, 7) is 4.57. The van der Waals surface area contributed by atoms with Crippen LogP contribution in [-0.4, -0.2) is 49.1 Å². The number of ether oxygens (including phenoxy) is 2. The van der Waals surface area contributed by atoms with Crippen LogP contribution in [0.4, 0.5) is 0 Å². The van der Waals surface area contributed by atoms with Gasteiger partial charge in [0.25, 0.3) is 5.91 Å². The highest BCUT2D eigenvalue weighted by Crippen LogP contribution is 2.31. The maximum absolute atomic E-state index is 13.0. The Morgan fingerprint density at radius 3 is 2.39 bits per heavy atom. The fourth-order valence-electron chi connectivity index (χ4n) is 3.11. The molecule has 6 heteroatoms. The zero-order chi connectivity index (χ0) is 20.1. The van der Waals surface area contributed by atoms with Gasteiger partial charge in [-0.15, -0.1) is 0 Å². The summed E-state index contributed by atoms with van der Waals surface area (Å²) in [4.78, 5) is 27.1. The minimum absolute atomic E-state index is 0.0492. The van der Waals surface area contributed by atoms with Crippen LogP contribution < -0.4 is 14.8 Å². The summed E-state index contributed by atoms with van der Waals surface area (Å²) in [6.07, 6.45) is -0.263. The Balaban J connectivity index is 1.62. The first-order valence-electron chi connectivity index (χ1n) is 9.45. The average Bonchev–Trinajstić information content (AvgIpc) is 2.71. The van der Waals surface area contributed by atoms with Gasteiger partial charge in [0.1, 0.15) is 12.6 Å². The Labute approximate surface area is 165 Å². The van der Waals surface area contributed by atoms with Crippen LogP contribution in [0.25, 0.3) is 0 Å². The molecule has 2 amide bonds. The lowest BCUT2D eigenvalue weighted by Gasteiger charge is -2.32. The van der Waals surface area contributed by atoms with Gasteiger partial charge in [0.2, 0.25) is 5.91 Å². The zero-order valence-corrected chi connectivity index (χ0v) is 16.4. The molecule has 6 nitrogen and oxygen atoms in total. The Morgan fingerprint density at radius 1 is 1.07 bits per heavy atom. The van der Waals surface area contributed by atoms with E-state index < -0.39 is 6.04 Å². The zero-order valence-electron chi connectivity index (χ0n) is 16.4. The Bertz CT molecular complexity index is 822. The second-order valence-electron chi connectivity index (χ2n) is 7.28. The number of benzene rings is 2. The third kappa shape index (κ3) is 4.63. The van der Waals surface area contributed by atoms with Gasteiger partial charge in [-0.2, -0.15) is 0 Å². The van der Waals surface area contributed by atoms with Crippen molar-refractivity contribution >= 4 is 11.8 Å². The molecule has 0 saturated heterocycles. The molecule has 1 aliphatic heterocycles. The number of carbonyl (C=O) groups is 2. The second kappa shape index (κ2) is 8.78. The van der Waals surface area contributed by atoms with E-state index in [1.54, 1.807) is 36.2 Å². The largest absolute Gasteiger partial charge is 0.486 e. The summed E-state index contributed by atoms with van der Waals surface area (Å²) in [5.74, 6) is 0.932. The summed E-state index contributed by atoms with van der Waals surface area (Å²) in [5.41, 5.74) is 0.532. The van der Waals surface area contributed by atoms with Crippen molar-refractivity contribution in [2.45, 2.75) is 26.0 Å². The van der Waals surface area contributed by atoms with Gasteiger partial charge in [-0.05, 0) is 30.2 Å². The van der Waals surface area contributed by atoms with Crippen LogP contribution >= 0.6 is 0 Å². The van der Waals surface area contributed by atoms with Crippen LogP contribution in [0.3, 0.4) is 0 Å². The molecule has 0 unspecified atom stereocenters. The predicted octanol–water partition coefficient (Wildman–Crippen LogP) is 2.74. The fraction of sp³-hybridized carbons (Fsp3) is 0.364. The highest BCUT2D eigenvalue weighted by atomic mass is 16.6. The van der Waals surface area contributed by atoms with Crippen LogP contribution in [0.15, 0.2) is 54.6 Å². The number of hydrogen-bond acceptors (Lipinski definition) is 4. The lowest BCUT2D eigenvalue weighted by Crippen LogP contribution is -2.52. The Hall–Kier alpha value is -3.02. The van der Waals surface area contributed by atoms with Crippen LogP contribution in [0, 0.1) is 5.92 Å². The van der Waals surface area contributed by atoms with Gasteiger partial charge < -0.3 is 19.7 Å². The van der Waals surface area contributed by atoms with Gasteiger partial charge in [0, 0.05) is 12.6 Å². The van der Waals surface area contributed by atoms with E-state index in [0.717, 1.165) is 0 Å². The molecular weight excluding hydrogens is 356 g/mol. The molecule has 3 rings (SSSR count). The van der Waals surface area contributed by atoms with Gasteiger partial charge >= 0.3 is 0 Å². The summed E-state index contributed by atoms with van der Waals surface area (Å²) in [6, 6.07) is 15.8. The van der Waals surface area contributed by atoms with Crippen LogP contribution in [-0.2, 0) is 4.79 Å². The average molecular weight is 382 g/mol. The normalized spacial score (nSPS) is 16.4. The molecule has 1 heterocycles. The van der Waals surface area contributed by atoms with Crippen molar-refractivity contribution in [3.05, 3.63) is 60.2 Å². The van der Waals surface area contributed by atoms with E-state index in [-0.39, 0.29) is 23.8 Å². The molecule has 0 bridgehead atoms. The van der Waals surface area contributed by atoms with E-state index in [1.807, 2.05) is 44.2 Å². The number of carbonyl (C=O) groups excluding carboxylic acids is 2.